The van der Waals surface area contributed by atoms with Crippen LogP contribution in [0.15, 0.2) is 54.7 Å². The SMILES string of the molecule is CCc1cccc2c(C(CCC(N)=O)c3ccccc3)c[nH]c12. The molecule has 0 saturated heterocycles. The molecule has 1 aromatic heterocycles. The first-order chi connectivity index (χ1) is 11.2. The summed E-state index contributed by atoms with van der Waals surface area (Å²) in [5.74, 6) is -0.0791. The monoisotopic (exact) mass is 306 g/mol. The number of hydrogen-bond donors (Lipinski definition) is 2. The number of aryl methyl sites for hydroxylation is 1. The number of H-pyrrole nitrogens is 1. The van der Waals surface area contributed by atoms with Crippen LogP contribution in [0, 0.1) is 0 Å². The van der Waals surface area contributed by atoms with Gasteiger partial charge in [0, 0.05) is 29.4 Å². The summed E-state index contributed by atoms with van der Waals surface area (Å²) in [4.78, 5) is 14.7. The van der Waals surface area contributed by atoms with Crippen LogP contribution in [0.2, 0.25) is 0 Å². The number of carbonyl (C=O) groups is 1. The Morgan fingerprint density at radius 1 is 1.13 bits per heavy atom. The summed E-state index contributed by atoms with van der Waals surface area (Å²) in [6.07, 6.45) is 4.19. The van der Waals surface area contributed by atoms with Gasteiger partial charge in [-0.3, -0.25) is 4.79 Å². The van der Waals surface area contributed by atoms with Gasteiger partial charge in [0.2, 0.25) is 5.91 Å². The minimum Gasteiger partial charge on any atom is -0.370 e. The fraction of sp³-hybridized carbons (Fsp3) is 0.250. The molecule has 1 unspecified atom stereocenters. The average molecular weight is 306 g/mol. The lowest BCUT2D eigenvalue weighted by Gasteiger charge is -2.16. The molecule has 0 radical (unpaired) electrons. The molecule has 0 bridgehead atoms. The quantitative estimate of drug-likeness (QED) is 0.707. The van der Waals surface area contributed by atoms with Gasteiger partial charge in [0.05, 0.1) is 0 Å². The second kappa shape index (κ2) is 6.69. The third-order valence-electron chi connectivity index (χ3n) is 4.47. The van der Waals surface area contributed by atoms with Crippen molar-refractivity contribution in [2.24, 2.45) is 5.73 Å². The summed E-state index contributed by atoms with van der Waals surface area (Å²) in [7, 11) is 0. The Kier molecular flexibility index (Phi) is 4.47. The second-order valence-corrected chi connectivity index (χ2v) is 5.91. The van der Waals surface area contributed by atoms with Crippen LogP contribution in [-0.4, -0.2) is 10.9 Å². The predicted molar refractivity (Wildman–Crippen MR) is 94.4 cm³/mol. The minimum absolute atomic E-state index is 0.171. The van der Waals surface area contributed by atoms with Crippen molar-refractivity contribution in [3.8, 4) is 0 Å². The van der Waals surface area contributed by atoms with Crippen LogP contribution in [0.4, 0.5) is 0 Å². The maximum atomic E-state index is 11.3. The van der Waals surface area contributed by atoms with E-state index in [1.807, 2.05) is 18.2 Å². The highest BCUT2D eigenvalue weighted by atomic mass is 16.1. The summed E-state index contributed by atoms with van der Waals surface area (Å²) in [6.45, 7) is 2.16. The smallest absolute Gasteiger partial charge is 0.217 e. The van der Waals surface area contributed by atoms with Crippen LogP contribution in [-0.2, 0) is 11.2 Å². The number of hydrogen-bond acceptors (Lipinski definition) is 1. The number of aromatic amines is 1. The van der Waals surface area contributed by atoms with E-state index in [4.69, 9.17) is 5.73 Å². The molecule has 1 amide bonds. The van der Waals surface area contributed by atoms with Crippen LogP contribution in [0.1, 0.15) is 42.4 Å². The van der Waals surface area contributed by atoms with Crippen LogP contribution in [0.25, 0.3) is 10.9 Å². The largest absolute Gasteiger partial charge is 0.370 e. The van der Waals surface area contributed by atoms with Gasteiger partial charge in [-0.2, -0.15) is 0 Å². The number of carbonyl (C=O) groups excluding carboxylic acids is 1. The molecular weight excluding hydrogens is 284 g/mol. The van der Waals surface area contributed by atoms with Crippen LogP contribution >= 0.6 is 0 Å². The van der Waals surface area contributed by atoms with Gasteiger partial charge in [-0.15, -0.1) is 0 Å². The third-order valence-corrected chi connectivity index (χ3v) is 4.47. The molecule has 1 heterocycles. The number of para-hydroxylation sites is 1. The minimum atomic E-state index is -0.250. The fourth-order valence-corrected chi connectivity index (χ4v) is 3.30. The number of fused-ring (bicyclic) bond motifs is 1. The highest BCUT2D eigenvalue weighted by molar-refractivity contribution is 5.87. The summed E-state index contributed by atoms with van der Waals surface area (Å²) in [5.41, 5.74) is 10.4. The van der Waals surface area contributed by atoms with E-state index < -0.39 is 0 Å². The first-order valence-electron chi connectivity index (χ1n) is 8.12. The topological polar surface area (TPSA) is 58.9 Å². The number of primary amides is 1. The number of rotatable bonds is 6. The number of benzene rings is 2. The lowest BCUT2D eigenvalue weighted by Crippen LogP contribution is -2.12. The van der Waals surface area contributed by atoms with E-state index in [0.717, 1.165) is 12.8 Å². The van der Waals surface area contributed by atoms with Crippen LogP contribution in [0.3, 0.4) is 0 Å². The van der Waals surface area contributed by atoms with E-state index in [2.05, 4.69) is 48.4 Å². The molecule has 0 aliphatic heterocycles. The average Bonchev–Trinajstić information content (AvgIpc) is 3.00. The second-order valence-electron chi connectivity index (χ2n) is 5.91. The molecule has 0 spiro atoms. The van der Waals surface area contributed by atoms with E-state index in [0.29, 0.717) is 6.42 Å². The Morgan fingerprint density at radius 3 is 2.61 bits per heavy atom. The standard InChI is InChI=1S/C20H22N2O/c1-2-14-9-6-10-17-18(13-22-20(14)17)16(11-12-19(21)23)15-7-4-3-5-8-15/h3-10,13,16,22H,2,11-12H2,1H3,(H2,21,23). The molecule has 118 valence electrons. The third kappa shape index (κ3) is 3.14. The van der Waals surface area contributed by atoms with Crippen molar-refractivity contribution in [3.63, 3.8) is 0 Å². The first kappa shape index (κ1) is 15.3. The van der Waals surface area contributed by atoms with Crippen molar-refractivity contribution in [1.82, 2.24) is 4.98 Å². The predicted octanol–water partition coefficient (Wildman–Crippen LogP) is 4.13. The Hall–Kier alpha value is -2.55. The van der Waals surface area contributed by atoms with Gasteiger partial charge in [-0.05, 0) is 29.5 Å². The van der Waals surface area contributed by atoms with E-state index in [1.165, 1.54) is 27.6 Å². The number of nitrogens with one attached hydrogen (secondary N) is 1. The Morgan fingerprint density at radius 2 is 1.91 bits per heavy atom. The van der Waals surface area contributed by atoms with Gasteiger partial charge in [0.25, 0.3) is 0 Å². The normalized spacial score (nSPS) is 12.4. The molecule has 0 fully saturated rings. The molecule has 23 heavy (non-hydrogen) atoms. The summed E-state index contributed by atoms with van der Waals surface area (Å²) in [6, 6.07) is 16.7. The number of amides is 1. The van der Waals surface area contributed by atoms with Gasteiger partial charge in [0.15, 0.2) is 0 Å². The molecule has 0 aliphatic rings. The summed E-state index contributed by atoms with van der Waals surface area (Å²) in [5, 5.41) is 1.24. The fourth-order valence-electron chi connectivity index (χ4n) is 3.30. The van der Waals surface area contributed by atoms with Crippen molar-refractivity contribution >= 4 is 16.8 Å². The lowest BCUT2D eigenvalue weighted by atomic mass is 9.87. The summed E-state index contributed by atoms with van der Waals surface area (Å²) < 4.78 is 0. The molecule has 3 N–H and O–H groups in total. The molecule has 3 nitrogen and oxygen atoms in total. The van der Waals surface area contributed by atoms with Crippen LogP contribution < -0.4 is 5.73 Å². The van der Waals surface area contributed by atoms with E-state index >= 15 is 0 Å². The lowest BCUT2D eigenvalue weighted by molar-refractivity contribution is -0.118. The summed E-state index contributed by atoms with van der Waals surface area (Å²) >= 11 is 0. The van der Waals surface area contributed by atoms with Gasteiger partial charge in [0.1, 0.15) is 0 Å². The molecular formula is C20H22N2O. The zero-order valence-electron chi connectivity index (χ0n) is 13.4. The zero-order valence-corrected chi connectivity index (χ0v) is 13.4. The highest BCUT2D eigenvalue weighted by Crippen LogP contribution is 2.35. The molecule has 0 aliphatic carbocycles. The molecule has 3 aromatic rings. The Balaban J connectivity index is 2.08. The maximum Gasteiger partial charge on any atom is 0.217 e. The number of aromatic nitrogens is 1. The maximum absolute atomic E-state index is 11.3. The molecule has 1 atom stereocenters. The van der Waals surface area contributed by atoms with E-state index in [9.17, 15) is 4.79 Å². The van der Waals surface area contributed by atoms with E-state index in [-0.39, 0.29) is 11.8 Å². The Labute approximate surface area is 136 Å². The zero-order chi connectivity index (χ0) is 16.2. The van der Waals surface area contributed by atoms with Crippen molar-refractivity contribution in [3.05, 3.63) is 71.4 Å². The molecule has 3 rings (SSSR count). The van der Waals surface area contributed by atoms with E-state index in [1.54, 1.807) is 0 Å². The van der Waals surface area contributed by atoms with Gasteiger partial charge in [-0.1, -0.05) is 55.5 Å². The van der Waals surface area contributed by atoms with Gasteiger partial charge >= 0.3 is 0 Å². The van der Waals surface area contributed by atoms with Crippen LogP contribution in [0.5, 0.6) is 0 Å². The van der Waals surface area contributed by atoms with Gasteiger partial charge in [-0.25, -0.2) is 0 Å². The first-order valence-corrected chi connectivity index (χ1v) is 8.12. The Bertz CT molecular complexity index is 805. The van der Waals surface area contributed by atoms with Crippen molar-refractivity contribution < 1.29 is 4.79 Å². The van der Waals surface area contributed by atoms with Crippen molar-refractivity contribution in [2.75, 3.05) is 0 Å². The van der Waals surface area contributed by atoms with Crippen molar-refractivity contribution in [2.45, 2.75) is 32.1 Å². The molecule has 3 heteroatoms. The molecule has 0 saturated carbocycles. The highest BCUT2D eigenvalue weighted by Gasteiger charge is 2.19. The number of nitrogens with two attached hydrogens (primary N) is 1. The van der Waals surface area contributed by atoms with Crippen molar-refractivity contribution in [1.29, 1.82) is 0 Å². The molecule has 2 aromatic carbocycles. The van der Waals surface area contributed by atoms with Gasteiger partial charge < -0.3 is 10.7 Å².